The number of rotatable bonds is 9. The molecule has 0 aliphatic carbocycles. The molecule has 0 aliphatic heterocycles. The summed E-state index contributed by atoms with van der Waals surface area (Å²) in [5, 5.41) is 13.7. The summed E-state index contributed by atoms with van der Waals surface area (Å²) in [5.74, 6) is -0.676. The molecule has 0 aliphatic rings. The highest BCUT2D eigenvalue weighted by Gasteiger charge is 2.20. The maximum atomic E-state index is 12.9. The number of ether oxygens (including phenoxy) is 1. The monoisotopic (exact) mass is 444 g/mol. The number of nitrogens with one attached hydrogen (secondary N) is 1. The first-order valence-corrected chi connectivity index (χ1v) is 10.6. The van der Waals surface area contributed by atoms with Crippen molar-refractivity contribution in [1.29, 1.82) is 0 Å². The molecule has 4 N–H and O–H groups in total. The van der Waals surface area contributed by atoms with Crippen molar-refractivity contribution in [3.8, 4) is 11.5 Å². The Kier molecular flexibility index (Phi) is 6.59. The molecular formula is C26H24N2O5. The van der Waals surface area contributed by atoms with E-state index >= 15 is 0 Å². The summed E-state index contributed by atoms with van der Waals surface area (Å²) in [6.45, 7) is 0.319. The molecule has 1 heterocycles. The maximum absolute atomic E-state index is 12.9. The van der Waals surface area contributed by atoms with Crippen molar-refractivity contribution < 1.29 is 23.8 Å². The lowest BCUT2D eigenvalue weighted by atomic mass is 10.0. The Balaban J connectivity index is 1.41. The van der Waals surface area contributed by atoms with E-state index in [0.29, 0.717) is 17.8 Å². The maximum Gasteiger partial charge on any atom is 0.287 e. The Hall–Kier alpha value is -4.26. The van der Waals surface area contributed by atoms with Gasteiger partial charge in [0, 0.05) is 16.5 Å². The number of benzene rings is 3. The number of amides is 2. The van der Waals surface area contributed by atoms with Gasteiger partial charge in [0.05, 0.1) is 6.54 Å². The minimum atomic E-state index is -0.641. The van der Waals surface area contributed by atoms with Crippen LogP contribution in [0.4, 0.5) is 0 Å². The van der Waals surface area contributed by atoms with Crippen LogP contribution in [0.15, 0.2) is 77.2 Å². The van der Waals surface area contributed by atoms with Crippen LogP contribution in [0, 0.1) is 0 Å². The minimum Gasteiger partial charge on any atom is -0.504 e. The average molecular weight is 444 g/mol. The Morgan fingerprint density at radius 3 is 2.48 bits per heavy atom. The minimum absolute atomic E-state index is 0.120. The van der Waals surface area contributed by atoms with Crippen LogP contribution in [0.2, 0.25) is 0 Å². The van der Waals surface area contributed by atoms with Gasteiger partial charge in [0.1, 0.15) is 12.2 Å². The molecule has 0 bridgehead atoms. The molecule has 0 saturated heterocycles. The lowest BCUT2D eigenvalue weighted by molar-refractivity contribution is 0.0919. The van der Waals surface area contributed by atoms with Gasteiger partial charge in [0.2, 0.25) is 5.91 Å². The molecule has 168 valence electrons. The molecule has 33 heavy (non-hydrogen) atoms. The summed E-state index contributed by atoms with van der Waals surface area (Å²) in [7, 11) is 0. The van der Waals surface area contributed by atoms with Gasteiger partial charge in [-0.2, -0.15) is 0 Å². The molecule has 1 aromatic heterocycles. The highest BCUT2D eigenvalue weighted by molar-refractivity contribution is 5.99. The second kappa shape index (κ2) is 9.91. The third kappa shape index (κ3) is 5.15. The summed E-state index contributed by atoms with van der Waals surface area (Å²) in [6.07, 6.45) is 1.45. The van der Waals surface area contributed by atoms with Crippen LogP contribution < -0.4 is 15.8 Å². The third-order valence-corrected chi connectivity index (χ3v) is 5.30. The van der Waals surface area contributed by atoms with Crippen molar-refractivity contribution >= 4 is 22.8 Å². The molecule has 0 spiro atoms. The number of phenolic OH excluding ortho intramolecular Hbond substituents is 1. The number of carbonyl (C=O) groups is 2. The summed E-state index contributed by atoms with van der Waals surface area (Å²) in [5.41, 5.74) is 8.09. The van der Waals surface area contributed by atoms with E-state index in [1.807, 2.05) is 42.5 Å². The lowest BCUT2D eigenvalue weighted by Gasteiger charge is -2.10. The zero-order chi connectivity index (χ0) is 23.2. The quantitative estimate of drug-likeness (QED) is 0.340. The van der Waals surface area contributed by atoms with E-state index in [0.717, 1.165) is 17.4 Å². The second-order valence-corrected chi connectivity index (χ2v) is 7.54. The smallest absolute Gasteiger partial charge is 0.287 e. The largest absolute Gasteiger partial charge is 0.504 e. The van der Waals surface area contributed by atoms with Gasteiger partial charge in [-0.05, 0) is 42.7 Å². The number of furan rings is 1. The number of primary amides is 1. The molecule has 3 aromatic carbocycles. The lowest BCUT2D eigenvalue weighted by Crippen LogP contribution is -2.28. The molecular weight excluding hydrogens is 420 g/mol. The average Bonchev–Trinajstić information content (AvgIpc) is 3.20. The van der Waals surface area contributed by atoms with Crippen molar-refractivity contribution in [2.45, 2.75) is 12.8 Å². The second-order valence-electron chi connectivity index (χ2n) is 7.54. The van der Waals surface area contributed by atoms with E-state index in [1.54, 1.807) is 0 Å². The molecule has 0 atom stereocenters. The van der Waals surface area contributed by atoms with Gasteiger partial charge in [-0.15, -0.1) is 0 Å². The van der Waals surface area contributed by atoms with Gasteiger partial charge < -0.3 is 25.3 Å². The van der Waals surface area contributed by atoms with Gasteiger partial charge in [-0.1, -0.05) is 48.5 Å². The van der Waals surface area contributed by atoms with Gasteiger partial charge in [-0.3, -0.25) is 9.59 Å². The van der Waals surface area contributed by atoms with Gasteiger partial charge in [0.15, 0.2) is 17.3 Å². The van der Waals surface area contributed by atoms with Crippen molar-refractivity contribution in [3.63, 3.8) is 0 Å². The van der Waals surface area contributed by atoms with Crippen molar-refractivity contribution in [2.24, 2.45) is 5.73 Å². The van der Waals surface area contributed by atoms with E-state index < -0.39 is 5.91 Å². The van der Waals surface area contributed by atoms with Gasteiger partial charge in [0.25, 0.3) is 5.91 Å². The predicted octanol–water partition coefficient (Wildman–Crippen LogP) is 3.83. The van der Waals surface area contributed by atoms with Crippen molar-refractivity contribution in [3.05, 3.63) is 95.2 Å². The summed E-state index contributed by atoms with van der Waals surface area (Å²) < 4.78 is 11.4. The molecule has 4 aromatic rings. The first-order valence-electron chi connectivity index (χ1n) is 10.6. The van der Waals surface area contributed by atoms with Crippen LogP contribution >= 0.6 is 0 Å². The zero-order valence-electron chi connectivity index (χ0n) is 17.9. The van der Waals surface area contributed by atoms with Crippen LogP contribution in [0.1, 0.15) is 32.0 Å². The first kappa shape index (κ1) is 22.0. The van der Waals surface area contributed by atoms with Crippen LogP contribution in [0.5, 0.6) is 11.5 Å². The number of hydrogen-bond acceptors (Lipinski definition) is 5. The number of phenols is 1. The Labute approximate surface area is 190 Å². The number of carbonyl (C=O) groups excluding carboxylic acids is 2. The number of nitrogens with two attached hydrogens (primary N) is 1. The van der Waals surface area contributed by atoms with Gasteiger partial charge in [-0.25, -0.2) is 0 Å². The van der Waals surface area contributed by atoms with E-state index in [9.17, 15) is 14.7 Å². The summed E-state index contributed by atoms with van der Waals surface area (Å²) in [4.78, 5) is 24.1. The topological polar surface area (TPSA) is 115 Å². The molecule has 0 unspecified atom stereocenters. The third-order valence-electron chi connectivity index (χ3n) is 5.30. The normalized spacial score (nSPS) is 10.8. The van der Waals surface area contributed by atoms with E-state index in [-0.39, 0.29) is 36.1 Å². The summed E-state index contributed by atoms with van der Waals surface area (Å²) >= 11 is 0. The zero-order valence-corrected chi connectivity index (χ0v) is 17.9. The number of hydrogen-bond donors (Lipinski definition) is 3. The fourth-order valence-electron chi connectivity index (χ4n) is 3.64. The molecule has 0 radical (unpaired) electrons. The van der Waals surface area contributed by atoms with Crippen LogP contribution in [-0.4, -0.2) is 30.1 Å². The Bertz CT molecular complexity index is 1280. The number of para-hydroxylation sites is 1. The Morgan fingerprint density at radius 2 is 1.73 bits per heavy atom. The molecule has 0 fully saturated rings. The molecule has 4 rings (SSSR count). The van der Waals surface area contributed by atoms with Crippen LogP contribution in [-0.2, 0) is 12.8 Å². The van der Waals surface area contributed by atoms with Crippen molar-refractivity contribution in [2.75, 3.05) is 13.2 Å². The molecule has 0 saturated carbocycles. The first-order chi connectivity index (χ1) is 16.0. The van der Waals surface area contributed by atoms with E-state index in [4.69, 9.17) is 14.9 Å². The van der Waals surface area contributed by atoms with Crippen molar-refractivity contribution in [1.82, 2.24) is 5.32 Å². The predicted molar refractivity (Wildman–Crippen MR) is 125 cm³/mol. The number of aryl methyl sites for hydroxylation is 2. The standard InChI is InChI=1S/C26H24N2O5/c27-25(30)18-11-13-23(21(29)16-18)32-15-14-28-26(31)24-20(12-10-17-6-2-1-3-7-17)19-8-4-5-9-22(19)33-24/h1-9,11,13,16,29H,10,12,14-15H2,(H2,27,30)(H,28,31). The SMILES string of the molecule is NC(=O)c1ccc(OCCNC(=O)c2oc3ccccc3c2CCc2ccccc2)c(O)c1. The molecule has 7 nitrogen and oxygen atoms in total. The van der Waals surface area contributed by atoms with E-state index in [1.165, 1.54) is 23.8 Å². The highest BCUT2D eigenvalue weighted by Crippen LogP contribution is 2.28. The van der Waals surface area contributed by atoms with Crippen LogP contribution in [0.25, 0.3) is 11.0 Å². The fourth-order valence-corrected chi connectivity index (χ4v) is 3.64. The van der Waals surface area contributed by atoms with E-state index in [2.05, 4.69) is 17.4 Å². The van der Waals surface area contributed by atoms with Crippen LogP contribution in [0.3, 0.4) is 0 Å². The summed E-state index contributed by atoms with van der Waals surface area (Å²) in [6, 6.07) is 21.8. The fraction of sp³-hybridized carbons (Fsp3) is 0.154. The molecule has 7 heteroatoms. The highest BCUT2D eigenvalue weighted by atomic mass is 16.5. The van der Waals surface area contributed by atoms with Gasteiger partial charge >= 0.3 is 0 Å². The molecule has 2 amide bonds. The Morgan fingerprint density at radius 1 is 0.970 bits per heavy atom. The number of aromatic hydroxyl groups is 1. The number of fused-ring (bicyclic) bond motifs is 1.